The monoisotopic (exact) mass is 265 g/mol. The Hall–Kier alpha value is -1.93. The number of hydrogen-bond donors (Lipinski definition) is 3. The molecule has 0 bridgehead atoms. The lowest BCUT2D eigenvalue weighted by Gasteiger charge is -2.17. The summed E-state index contributed by atoms with van der Waals surface area (Å²) in [5.41, 5.74) is 5.52. The molecule has 1 aliphatic heterocycles. The van der Waals surface area contributed by atoms with Crippen molar-refractivity contribution in [3.8, 4) is 0 Å². The number of aliphatic hydroxyl groups excluding tert-OH is 1. The number of hydrogen-bond acceptors (Lipinski definition) is 6. The average molecular weight is 265 g/mol. The van der Waals surface area contributed by atoms with Gasteiger partial charge in [0.1, 0.15) is 6.23 Å². The third-order valence-electron chi connectivity index (χ3n) is 3.43. The smallest absolute Gasteiger partial charge is 0.280 e. The van der Waals surface area contributed by atoms with Gasteiger partial charge in [-0.3, -0.25) is 14.3 Å². The Bertz CT molecular complexity index is 679. The van der Waals surface area contributed by atoms with E-state index in [2.05, 4.69) is 15.0 Å². The fourth-order valence-electron chi connectivity index (χ4n) is 2.28. The molecule has 19 heavy (non-hydrogen) atoms. The van der Waals surface area contributed by atoms with Crippen LogP contribution in [0.25, 0.3) is 11.2 Å². The average Bonchev–Trinajstić information content (AvgIpc) is 2.94. The number of aromatic nitrogens is 4. The minimum Gasteiger partial charge on any atom is -0.396 e. The van der Waals surface area contributed by atoms with Crippen molar-refractivity contribution in [2.75, 3.05) is 18.9 Å². The quantitative estimate of drug-likeness (QED) is 0.681. The van der Waals surface area contributed by atoms with Crippen LogP contribution in [0.3, 0.4) is 0 Å². The molecule has 0 unspecified atom stereocenters. The van der Waals surface area contributed by atoms with Crippen molar-refractivity contribution in [3.63, 3.8) is 0 Å². The van der Waals surface area contributed by atoms with Crippen molar-refractivity contribution >= 4 is 17.1 Å². The number of fused-ring (bicyclic) bond motifs is 1. The molecule has 1 fully saturated rings. The van der Waals surface area contributed by atoms with Crippen LogP contribution in [0.15, 0.2) is 11.1 Å². The number of nitrogens with one attached hydrogen (secondary N) is 1. The highest BCUT2D eigenvalue weighted by atomic mass is 16.5. The van der Waals surface area contributed by atoms with Crippen molar-refractivity contribution in [1.82, 2.24) is 19.5 Å². The van der Waals surface area contributed by atoms with Crippen LogP contribution in [0.4, 0.5) is 5.95 Å². The summed E-state index contributed by atoms with van der Waals surface area (Å²) in [5.74, 6) is 0.0437. The molecule has 102 valence electrons. The van der Waals surface area contributed by atoms with Crippen molar-refractivity contribution in [2.45, 2.75) is 19.6 Å². The van der Waals surface area contributed by atoms with Crippen molar-refractivity contribution in [1.29, 1.82) is 0 Å². The number of aliphatic hydroxyl groups is 1. The molecular formula is C11H15N5O3. The molecule has 0 aliphatic carbocycles. The molecule has 0 amide bonds. The summed E-state index contributed by atoms with van der Waals surface area (Å²) in [6.45, 7) is 2.44. The van der Waals surface area contributed by atoms with Crippen LogP contribution >= 0.6 is 0 Å². The largest absolute Gasteiger partial charge is 0.396 e. The number of nitrogens with zero attached hydrogens (tertiary/aromatic N) is 3. The first-order valence-corrected chi connectivity index (χ1v) is 5.97. The number of anilines is 1. The molecule has 3 rings (SSSR count). The minimum absolute atomic E-state index is 0.0437. The molecule has 3 heterocycles. The van der Waals surface area contributed by atoms with Gasteiger partial charge in [0.15, 0.2) is 11.2 Å². The Balaban J connectivity index is 2.05. The van der Waals surface area contributed by atoms with Gasteiger partial charge in [0.2, 0.25) is 5.95 Å². The zero-order valence-corrected chi connectivity index (χ0v) is 10.5. The summed E-state index contributed by atoms with van der Waals surface area (Å²) in [7, 11) is 0. The zero-order chi connectivity index (χ0) is 13.6. The number of ether oxygens (including phenoxy) is 1. The van der Waals surface area contributed by atoms with Gasteiger partial charge < -0.3 is 15.6 Å². The summed E-state index contributed by atoms with van der Waals surface area (Å²) >= 11 is 0. The van der Waals surface area contributed by atoms with Crippen molar-refractivity contribution < 1.29 is 9.84 Å². The van der Waals surface area contributed by atoms with E-state index < -0.39 is 0 Å². The van der Waals surface area contributed by atoms with E-state index in [-0.39, 0.29) is 35.3 Å². The second kappa shape index (κ2) is 4.04. The Kier molecular flexibility index (Phi) is 2.58. The van der Waals surface area contributed by atoms with E-state index in [0.717, 1.165) is 0 Å². The van der Waals surface area contributed by atoms with Gasteiger partial charge in [-0.05, 0) is 0 Å². The first-order chi connectivity index (χ1) is 9.02. The molecule has 0 radical (unpaired) electrons. The highest BCUT2D eigenvalue weighted by Crippen LogP contribution is 2.38. The predicted octanol–water partition coefficient (Wildman–Crippen LogP) is -0.381. The van der Waals surface area contributed by atoms with Crippen LogP contribution in [0.2, 0.25) is 0 Å². The first kappa shape index (κ1) is 12.1. The second-order valence-corrected chi connectivity index (χ2v) is 5.21. The van der Waals surface area contributed by atoms with Crippen molar-refractivity contribution in [2.24, 2.45) is 5.41 Å². The lowest BCUT2D eigenvalue weighted by atomic mass is 9.90. The minimum atomic E-state index is -0.371. The van der Waals surface area contributed by atoms with E-state index in [1.165, 1.54) is 6.33 Å². The molecule has 2 atom stereocenters. The third kappa shape index (κ3) is 1.89. The molecule has 4 N–H and O–H groups in total. The van der Waals surface area contributed by atoms with E-state index in [0.29, 0.717) is 18.7 Å². The topological polar surface area (TPSA) is 119 Å². The Morgan fingerprint density at radius 1 is 1.74 bits per heavy atom. The molecule has 1 saturated heterocycles. The number of H-pyrrole nitrogens is 1. The van der Waals surface area contributed by atoms with Gasteiger partial charge in [-0.2, -0.15) is 4.98 Å². The van der Waals surface area contributed by atoms with E-state index >= 15 is 0 Å². The molecule has 2 aromatic heterocycles. The van der Waals surface area contributed by atoms with Crippen LogP contribution in [0.5, 0.6) is 0 Å². The maximum Gasteiger partial charge on any atom is 0.280 e. The van der Waals surface area contributed by atoms with Crippen LogP contribution in [-0.2, 0) is 4.74 Å². The number of imidazole rings is 1. The summed E-state index contributed by atoms with van der Waals surface area (Å²) in [5, 5.41) is 9.35. The highest BCUT2D eigenvalue weighted by Gasteiger charge is 2.37. The van der Waals surface area contributed by atoms with E-state index in [1.807, 2.05) is 6.92 Å². The van der Waals surface area contributed by atoms with Gasteiger partial charge >= 0.3 is 0 Å². The number of nitrogens with two attached hydrogens (primary N) is 1. The lowest BCUT2D eigenvalue weighted by Crippen LogP contribution is -2.21. The van der Waals surface area contributed by atoms with E-state index in [9.17, 15) is 9.90 Å². The maximum atomic E-state index is 11.7. The fourth-order valence-corrected chi connectivity index (χ4v) is 2.28. The number of rotatable bonds is 2. The molecule has 0 spiro atoms. The Morgan fingerprint density at radius 3 is 3.21 bits per heavy atom. The van der Waals surface area contributed by atoms with Gasteiger partial charge in [0, 0.05) is 11.8 Å². The normalized spacial score (nSPS) is 27.2. The van der Waals surface area contributed by atoms with Gasteiger partial charge in [-0.25, -0.2) is 4.98 Å². The van der Waals surface area contributed by atoms with Gasteiger partial charge in [-0.1, -0.05) is 6.92 Å². The lowest BCUT2D eigenvalue weighted by molar-refractivity contribution is 0.0464. The molecular weight excluding hydrogens is 250 g/mol. The SMILES string of the molecule is C[C@@]1(CO)CO[C@H](n2cnc3c(=O)[nH]c(N)nc32)C1. The van der Waals surface area contributed by atoms with Crippen LogP contribution in [-0.4, -0.2) is 37.8 Å². The van der Waals surface area contributed by atoms with E-state index in [1.54, 1.807) is 4.57 Å². The fraction of sp³-hybridized carbons (Fsp3) is 0.545. The highest BCUT2D eigenvalue weighted by molar-refractivity contribution is 5.70. The summed E-state index contributed by atoms with van der Waals surface area (Å²) in [4.78, 5) is 22.2. The standard InChI is InChI=1S/C11H15N5O3/c1-11(3-17)2-6(19-4-11)16-5-13-7-8(16)14-10(12)15-9(7)18/h5-6,17H,2-4H2,1H3,(H3,12,14,15,18)/t6-,11+/m0/s1. The van der Waals surface area contributed by atoms with Gasteiger partial charge in [-0.15, -0.1) is 0 Å². The summed E-state index contributed by atoms with van der Waals surface area (Å²) in [6, 6.07) is 0. The van der Waals surface area contributed by atoms with Crippen LogP contribution in [0, 0.1) is 5.41 Å². The van der Waals surface area contributed by atoms with E-state index in [4.69, 9.17) is 10.5 Å². The summed E-state index contributed by atoms with van der Waals surface area (Å²) < 4.78 is 7.34. The zero-order valence-electron chi connectivity index (χ0n) is 10.5. The van der Waals surface area contributed by atoms with Gasteiger partial charge in [0.25, 0.3) is 5.56 Å². The molecule has 1 aliphatic rings. The van der Waals surface area contributed by atoms with Crippen LogP contribution < -0.4 is 11.3 Å². The first-order valence-electron chi connectivity index (χ1n) is 5.97. The third-order valence-corrected chi connectivity index (χ3v) is 3.43. The molecule has 0 aromatic carbocycles. The molecule has 8 nitrogen and oxygen atoms in total. The van der Waals surface area contributed by atoms with Gasteiger partial charge in [0.05, 0.1) is 19.5 Å². The second-order valence-electron chi connectivity index (χ2n) is 5.21. The molecule has 2 aromatic rings. The Labute approximate surface area is 108 Å². The Morgan fingerprint density at radius 2 is 2.53 bits per heavy atom. The van der Waals surface area contributed by atoms with Crippen LogP contribution in [0.1, 0.15) is 19.6 Å². The summed E-state index contributed by atoms with van der Waals surface area (Å²) in [6.07, 6.45) is 1.85. The van der Waals surface area contributed by atoms with Crippen molar-refractivity contribution in [3.05, 3.63) is 16.7 Å². The maximum absolute atomic E-state index is 11.7. The molecule has 8 heteroatoms. The number of aromatic amines is 1. The molecule has 0 saturated carbocycles. The predicted molar refractivity (Wildman–Crippen MR) is 67.4 cm³/mol. The number of nitrogen functional groups attached to an aromatic ring is 1.